The van der Waals surface area contributed by atoms with Gasteiger partial charge in [-0.05, 0) is 6.42 Å². The van der Waals surface area contributed by atoms with Crippen LogP contribution in [-0.4, -0.2) is 40.8 Å². The van der Waals surface area contributed by atoms with E-state index in [1.807, 2.05) is 0 Å². The Balaban J connectivity index is 2.89. The van der Waals surface area contributed by atoms with Gasteiger partial charge in [0.2, 0.25) is 6.29 Å². The molecule has 0 radical (unpaired) electrons. The second kappa shape index (κ2) is 4.71. The first-order valence-corrected chi connectivity index (χ1v) is 7.53. The van der Waals surface area contributed by atoms with Gasteiger partial charge in [0.15, 0.2) is 0 Å². The van der Waals surface area contributed by atoms with Gasteiger partial charge >= 0.3 is 6.18 Å². The number of halogens is 3. The van der Waals surface area contributed by atoms with Crippen LogP contribution < -0.4 is 0 Å². The van der Waals surface area contributed by atoms with Crippen molar-refractivity contribution in [2.75, 3.05) is 11.5 Å². The summed E-state index contributed by atoms with van der Waals surface area (Å²) >= 11 is 0. The van der Waals surface area contributed by atoms with Crippen molar-refractivity contribution in [3.05, 3.63) is 0 Å². The molecule has 1 rings (SSSR count). The first-order valence-electron chi connectivity index (χ1n) is 4.38. The molecule has 0 aromatic carbocycles. The molecule has 6 nitrogen and oxygen atoms in total. The Morgan fingerprint density at radius 3 is 1.76 bits per heavy atom. The Bertz CT molecular complexity index is 428. The molecule has 1 aliphatic heterocycles. The van der Waals surface area contributed by atoms with Crippen LogP contribution in [-0.2, 0) is 28.6 Å². The van der Waals surface area contributed by atoms with Gasteiger partial charge in [0, 0.05) is 0 Å². The van der Waals surface area contributed by atoms with Crippen LogP contribution in [0.5, 0.6) is 0 Å². The van der Waals surface area contributed by atoms with E-state index in [1.54, 1.807) is 0 Å². The third-order valence-electron chi connectivity index (χ3n) is 1.69. The van der Waals surface area contributed by atoms with Gasteiger partial charge in [-0.3, -0.25) is 0 Å². The fourth-order valence-electron chi connectivity index (χ4n) is 1.11. The molecule has 1 aliphatic rings. The summed E-state index contributed by atoms with van der Waals surface area (Å²) in [6, 6.07) is 0. The van der Waals surface area contributed by atoms with E-state index in [0.717, 1.165) is 0 Å². The molecule has 11 heteroatoms. The van der Waals surface area contributed by atoms with Crippen LogP contribution in [0.25, 0.3) is 0 Å². The summed E-state index contributed by atoms with van der Waals surface area (Å²) in [5.41, 5.74) is 0. The zero-order valence-corrected chi connectivity index (χ0v) is 9.94. The lowest BCUT2D eigenvalue weighted by Gasteiger charge is -2.21. The standard InChI is InChI=1S/C6H9F3O6S2/c7-6(8,9)4-5-14-16(10,11)2-1-3-17(12,13)15-5/h5H,1-4H2. The second-order valence-corrected chi connectivity index (χ2v) is 6.75. The van der Waals surface area contributed by atoms with Crippen LogP contribution in [0.3, 0.4) is 0 Å². The Morgan fingerprint density at radius 1 is 1.00 bits per heavy atom. The number of hydrogen-bond donors (Lipinski definition) is 0. The highest BCUT2D eigenvalue weighted by Gasteiger charge is 2.39. The fourth-order valence-corrected chi connectivity index (χ4v) is 3.40. The first kappa shape index (κ1) is 14.7. The van der Waals surface area contributed by atoms with E-state index in [1.165, 1.54) is 0 Å². The highest BCUT2D eigenvalue weighted by atomic mass is 32.2. The molecule has 0 bridgehead atoms. The van der Waals surface area contributed by atoms with E-state index in [4.69, 9.17) is 0 Å². The minimum atomic E-state index is -4.80. The van der Waals surface area contributed by atoms with Gasteiger partial charge in [0.1, 0.15) is 0 Å². The summed E-state index contributed by atoms with van der Waals surface area (Å²) in [6.45, 7) is 0. The summed E-state index contributed by atoms with van der Waals surface area (Å²) in [5, 5.41) is 0. The Labute approximate surface area is 96.0 Å². The van der Waals surface area contributed by atoms with Gasteiger partial charge in [0.25, 0.3) is 20.2 Å². The quantitative estimate of drug-likeness (QED) is 0.650. The summed E-state index contributed by atoms with van der Waals surface area (Å²) in [7, 11) is -8.41. The van der Waals surface area contributed by atoms with E-state index in [0.29, 0.717) is 0 Å². The van der Waals surface area contributed by atoms with Gasteiger partial charge < -0.3 is 0 Å². The smallest absolute Gasteiger partial charge is 0.236 e. The molecular formula is C6H9F3O6S2. The average Bonchev–Trinajstić information content (AvgIpc) is 1.94. The maximum Gasteiger partial charge on any atom is 0.394 e. The molecule has 0 spiro atoms. The minimum absolute atomic E-state index is 0.288. The highest BCUT2D eigenvalue weighted by Crippen LogP contribution is 2.26. The topological polar surface area (TPSA) is 86.7 Å². The van der Waals surface area contributed by atoms with Crippen molar-refractivity contribution in [2.45, 2.75) is 25.3 Å². The third-order valence-corrected chi connectivity index (χ3v) is 4.29. The predicted octanol–water partition coefficient (Wildman–Crippen LogP) is 0.361. The molecule has 0 amide bonds. The van der Waals surface area contributed by atoms with Crippen molar-refractivity contribution in [1.82, 2.24) is 0 Å². The number of alkyl halides is 3. The zero-order chi connectivity index (χ0) is 13.3. The minimum Gasteiger partial charge on any atom is -0.236 e. The molecule has 0 N–H and O–H groups in total. The molecule has 0 aromatic rings. The van der Waals surface area contributed by atoms with Crippen molar-refractivity contribution in [3.8, 4) is 0 Å². The van der Waals surface area contributed by atoms with Crippen molar-refractivity contribution in [2.24, 2.45) is 0 Å². The second-order valence-electron chi connectivity index (χ2n) is 3.32. The normalized spacial score (nSPS) is 26.1. The summed E-state index contributed by atoms with van der Waals surface area (Å²) < 4.78 is 88.4. The fraction of sp³-hybridized carbons (Fsp3) is 1.00. The number of rotatable bonds is 1. The van der Waals surface area contributed by atoms with Gasteiger partial charge in [-0.25, -0.2) is 8.37 Å². The molecule has 0 unspecified atom stereocenters. The predicted molar refractivity (Wildman–Crippen MR) is 48.8 cm³/mol. The van der Waals surface area contributed by atoms with E-state index in [9.17, 15) is 30.0 Å². The Kier molecular flexibility index (Phi) is 4.06. The van der Waals surface area contributed by atoms with Crippen molar-refractivity contribution >= 4 is 20.2 Å². The average molecular weight is 298 g/mol. The molecule has 0 atom stereocenters. The summed E-state index contributed by atoms with van der Waals surface area (Å²) in [6.07, 6.45) is -9.28. The molecule has 0 aromatic heterocycles. The molecule has 1 saturated heterocycles. The van der Waals surface area contributed by atoms with Crippen LogP contribution in [0, 0.1) is 0 Å². The molecule has 17 heavy (non-hydrogen) atoms. The first-order chi connectivity index (χ1) is 7.49. The molecule has 102 valence electrons. The van der Waals surface area contributed by atoms with Crippen LogP contribution in [0.2, 0.25) is 0 Å². The summed E-state index contributed by atoms with van der Waals surface area (Å²) in [5.74, 6) is -1.33. The molecule has 0 saturated carbocycles. The lowest BCUT2D eigenvalue weighted by atomic mass is 10.4. The zero-order valence-electron chi connectivity index (χ0n) is 8.31. The van der Waals surface area contributed by atoms with E-state index in [-0.39, 0.29) is 6.42 Å². The van der Waals surface area contributed by atoms with Gasteiger partial charge in [0.05, 0.1) is 17.9 Å². The monoisotopic (exact) mass is 298 g/mol. The van der Waals surface area contributed by atoms with Crippen LogP contribution in [0.1, 0.15) is 12.8 Å². The van der Waals surface area contributed by atoms with Crippen LogP contribution in [0.15, 0.2) is 0 Å². The lowest BCUT2D eigenvalue weighted by molar-refractivity contribution is -0.173. The molecule has 1 fully saturated rings. The van der Waals surface area contributed by atoms with Crippen molar-refractivity contribution < 1.29 is 38.4 Å². The van der Waals surface area contributed by atoms with E-state index >= 15 is 0 Å². The van der Waals surface area contributed by atoms with Gasteiger partial charge in [-0.15, -0.1) is 0 Å². The van der Waals surface area contributed by atoms with Crippen molar-refractivity contribution in [1.29, 1.82) is 0 Å². The van der Waals surface area contributed by atoms with Gasteiger partial charge in [-0.1, -0.05) is 0 Å². The van der Waals surface area contributed by atoms with Crippen molar-refractivity contribution in [3.63, 3.8) is 0 Å². The Hall–Kier alpha value is -0.390. The maximum atomic E-state index is 12.0. The van der Waals surface area contributed by atoms with Gasteiger partial charge in [-0.2, -0.15) is 30.0 Å². The lowest BCUT2D eigenvalue weighted by Crippen LogP contribution is -2.34. The van der Waals surface area contributed by atoms with Crippen LogP contribution >= 0.6 is 0 Å². The maximum absolute atomic E-state index is 12.0. The van der Waals surface area contributed by atoms with E-state index in [2.05, 4.69) is 8.37 Å². The molecule has 0 aliphatic carbocycles. The largest absolute Gasteiger partial charge is 0.394 e. The van der Waals surface area contributed by atoms with E-state index < -0.39 is 50.6 Å². The molecular weight excluding hydrogens is 289 g/mol. The highest BCUT2D eigenvalue weighted by molar-refractivity contribution is 7.88. The third kappa shape index (κ3) is 5.66. The Morgan fingerprint density at radius 2 is 1.41 bits per heavy atom. The summed E-state index contributed by atoms with van der Waals surface area (Å²) in [4.78, 5) is 0. The molecule has 1 heterocycles. The van der Waals surface area contributed by atoms with Crippen LogP contribution in [0.4, 0.5) is 13.2 Å². The number of hydrogen-bond acceptors (Lipinski definition) is 6. The SMILES string of the molecule is O=S1(=O)CCCS(=O)(=O)OC(CC(F)(F)F)O1.